The molecule has 4 aliphatic rings. The lowest BCUT2D eigenvalue weighted by Crippen LogP contribution is -2.64. The van der Waals surface area contributed by atoms with Crippen LogP contribution in [0.4, 0.5) is 0 Å². The third-order valence-corrected chi connectivity index (χ3v) is 7.54. The minimum absolute atomic E-state index is 0.271. The molecule has 4 heteroatoms. The molecule has 0 aromatic rings. The zero-order valence-electron chi connectivity index (χ0n) is 15.4. The monoisotopic (exact) mass is 334 g/mol. The quantitative estimate of drug-likeness (QED) is 0.840. The molecule has 2 saturated heterocycles. The van der Waals surface area contributed by atoms with Crippen LogP contribution in [0.15, 0.2) is 0 Å². The number of carbonyl (C=O) groups excluding carboxylic acids is 1. The van der Waals surface area contributed by atoms with Gasteiger partial charge in [0.1, 0.15) is 0 Å². The topological polar surface area (TPSA) is 41.6 Å². The first-order valence-corrected chi connectivity index (χ1v) is 10.3. The molecule has 4 fully saturated rings. The number of hydrogen-bond acceptors (Lipinski definition) is 3. The van der Waals surface area contributed by atoms with Gasteiger partial charge in [-0.05, 0) is 57.8 Å². The first kappa shape index (κ1) is 16.8. The summed E-state index contributed by atoms with van der Waals surface area (Å²) in [7, 11) is 2.06. The zero-order valence-corrected chi connectivity index (χ0v) is 15.4. The number of nitrogens with one attached hydrogen (secondary N) is 1. The number of fused-ring (bicyclic) bond motifs is 2. The molecule has 1 spiro atoms. The van der Waals surface area contributed by atoms with Gasteiger partial charge in [0.05, 0.1) is 6.10 Å². The molecule has 1 amide bonds. The molecule has 2 heterocycles. The smallest absolute Gasteiger partial charge is 0.222 e. The first-order chi connectivity index (χ1) is 11.6. The molecular formula is C20H34N2O2. The van der Waals surface area contributed by atoms with Crippen molar-refractivity contribution in [1.29, 1.82) is 0 Å². The second kappa shape index (κ2) is 6.60. The fourth-order valence-corrected chi connectivity index (χ4v) is 6.30. The SMILES string of the molecule is CCOC1CC(N(C)C(=O)CC2CC3CCC(C2)N3)C12CCCC2. The van der Waals surface area contributed by atoms with Crippen LogP contribution in [0.3, 0.4) is 0 Å². The summed E-state index contributed by atoms with van der Waals surface area (Å²) in [6, 6.07) is 1.78. The molecule has 0 aromatic heterocycles. The van der Waals surface area contributed by atoms with E-state index in [0.717, 1.165) is 19.4 Å². The third kappa shape index (κ3) is 2.80. The molecular weight excluding hydrogens is 300 g/mol. The Balaban J connectivity index is 1.36. The lowest BCUT2D eigenvalue weighted by Gasteiger charge is -2.57. The van der Waals surface area contributed by atoms with Gasteiger partial charge >= 0.3 is 0 Å². The maximum absolute atomic E-state index is 12.9. The second-order valence-corrected chi connectivity index (χ2v) is 8.82. The van der Waals surface area contributed by atoms with Crippen LogP contribution in [0.1, 0.15) is 71.1 Å². The highest BCUT2D eigenvalue weighted by molar-refractivity contribution is 5.77. The van der Waals surface area contributed by atoms with E-state index in [2.05, 4.69) is 24.2 Å². The molecule has 4 unspecified atom stereocenters. The molecule has 0 aromatic carbocycles. The van der Waals surface area contributed by atoms with Crippen LogP contribution in [0.2, 0.25) is 0 Å². The average Bonchev–Trinajstić information content (AvgIpc) is 3.19. The minimum atomic E-state index is 0.271. The fourth-order valence-electron chi connectivity index (χ4n) is 6.30. The number of carbonyl (C=O) groups is 1. The van der Waals surface area contributed by atoms with Crippen molar-refractivity contribution in [2.75, 3.05) is 13.7 Å². The molecule has 4 atom stereocenters. The Morgan fingerprint density at radius 3 is 2.46 bits per heavy atom. The van der Waals surface area contributed by atoms with Crippen molar-refractivity contribution in [3.05, 3.63) is 0 Å². The predicted octanol–water partition coefficient (Wildman–Crippen LogP) is 3.10. The number of ether oxygens (including phenoxy) is 1. The third-order valence-electron chi connectivity index (χ3n) is 7.54. The van der Waals surface area contributed by atoms with Gasteiger partial charge in [-0.2, -0.15) is 0 Å². The normalized spacial score (nSPS) is 39.8. The van der Waals surface area contributed by atoms with E-state index in [1.165, 1.54) is 51.4 Å². The van der Waals surface area contributed by atoms with Crippen molar-refractivity contribution < 1.29 is 9.53 Å². The highest BCUT2D eigenvalue weighted by Crippen LogP contribution is 2.56. The van der Waals surface area contributed by atoms with E-state index in [0.29, 0.717) is 36.1 Å². The lowest BCUT2D eigenvalue weighted by molar-refractivity contribution is -0.173. The number of piperidine rings is 1. The molecule has 2 aliphatic carbocycles. The highest BCUT2D eigenvalue weighted by Gasteiger charge is 2.58. The van der Waals surface area contributed by atoms with E-state index in [4.69, 9.17) is 4.74 Å². The molecule has 0 radical (unpaired) electrons. The maximum Gasteiger partial charge on any atom is 0.222 e. The van der Waals surface area contributed by atoms with Crippen molar-refractivity contribution in [2.45, 2.75) is 95.4 Å². The van der Waals surface area contributed by atoms with Crippen molar-refractivity contribution in [2.24, 2.45) is 11.3 Å². The molecule has 136 valence electrons. The molecule has 24 heavy (non-hydrogen) atoms. The van der Waals surface area contributed by atoms with Gasteiger partial charge in [0, 0.05) is 43.6 Å². The number of amides is 1. The number of nitrogens with zero attached hydrogens (tertiary/aromatic N) is 1. The van der Waals surface area contributed by atoms with E-state index in [1.807, 2.05) is 0 Å². The van der Waals surface area contributed by atoms with Gasteiger partial charge < -0.3 is 15.0 Å². The Morgan fingerprint density at radius 2 is 1.83 bits per heavy atom. The van der Waals surface area contributed by atoms with E-state index >= 15 is 0 Å². The molecule has 1 N–H and O–H groups in total. The summed E-state index contributed by atoms with van der Waals surface area (Å²) in [5.74, 6) is 0.980. The van der Waals surface area contributed by atoms with E-state index < -0.39 is 0 Å². The Hall–Kier alpha value is -0.610. The van der Waals surface area contributed by atoms with Crippen molar-refractivity contribution in [1.82, 2.24) is 10.2 Å². The van der Waals surface area contributed by atoms with Crippen LogP contribution in [-0.2, 0) is 9.53 Å². The zero-order chi connectivity index (χ0) is 16.7. The van der Waals surface area contributed by atoms with E-state index in [9.17, 15) is 4.79 Å². The summed E-state index contributed by atoms with van der Waals surface area (Å²) in [5.41, 5.74) is 0.271. The van der Waals surface area contributed by atoms with Gasteiger partial charge in [-0.15, -0.1) is 0 Å². The van der Waals surface area contributed by atoms with Crippen molar-refractivity contribution in [3.8, 4) is 0 Å². The highest BCUT2D eigenvalue weighted by atomic mass is 16.5. The largest absolute Gasteiger partial charge is 0.378 e. The van der Waals surface area contributed by atoms with Crippen LogP contribution < -0.4 is 5.32 Å². The van der Waals surface area contributed by atoms with Crippen LogP contribution in [-0.4, -0.2) is 48.7 Å². The van der Waals surface area contributed by atoms with Gasteiger partial charge in [-0.3, -0.25) is 4.79 Å². The van der Waals surface area contributed by atoms with Gasteiger partial charge in [-0.1, -0.05) is 12.8 Å². The second-order valence-electron chi connectivity index (χ2n) is 8.82. The van der Waals surface area contributed by atoms with Gasteiger partial charge in [0.25, 0.3) is 0 Å². The van der Waals surface area contributed by atoms with E-state index in [-0.39, 0.29) is 5.41 Å². The van der Waals surface area contributed by atoms with E-state index in [1.54, 1.807) is 0 Å². The molecule has 4 rings (SSSR count). The summed E-state index contributed by atoms with van der Waals surface area (Å²) in [4.78, 5) is 15.1. The van der Waals surface area contributed by atoms with Crippen molar-refractivity contribution >= 4 is 5.91 Å². The summed E-state index contributed by atoms with van der Waals surface area (Å²) >= 11 is 0. The van der Waals surface area contributed by atoms with Crippen LogP contribution in [0.25, 0.3) is 0 Å². The molecule has 2 aliphatic heterocycles. The number of rotatable bonds is 5. The summed E-state index contributed by atoms with van der Waals surface area (Å²) < 4.78 is 6.02. The average molecular weight is 335 g/mol. The first-order valence-electron chi connectivity index (χ1n) is 10.3. The van der Waals surface area contributed by atoms with Gasteiger partial charge in [-0.25, -0.2) is 0 Å². The van der Waals surface area contributed by atoms with Crippen LogP contribution >= 0.6 is 0 Å². The van der Waals surface area contributed by atoms with Crippen LogP contribution in [0.5, 0.6) is 0 Å². The number of hydrogen-bond donors (Lipinski definition) is 1. The Morgan fingerprint density at radius 1 is 1.17 bits per heavy atom. The lowest BCUT2D eigenvalue weighted by atomic mass is 9.60. The summed E-state index contributed by atoms with van der Waals surface area (Å²) in [6.45, 7) is 2.89. The maximum atomic E-state index is 12.9. The van der Waals surface area contributed by atoms with Gasteiger partial charge in [0.2, 0.25) is 5.91 Å². The Labute approximate surface area is 146 Å². The molecule has 2 saturated carbocycles. The fraction of sp³-hybridized carbons (Fsp3) is 0.950. The summed E-state index contributed by atoms with van der Waals surface area (Å²) in [6.07, 6.45) is 12.3. The van der Waals surface area contributed by atoms with Gasteiger partial charge in [0.15, 0.2) is 0 Å². The van der Waals surface area contributed by atoms with Crippen LogP contribution in [0, 0.1) is 11.3 Å². The minimum Gasteiger partial charge on any atom is -0.378 e. The summed E-state index contributed by atoms with van der Waals surface area (Å²) in [5, 5.41) is 3.69. The predicted molar refractivity (Wildman–Crippen MR) is 94.8 cm³/mol. The molecule has 4 nitrogen and oxygen atoms in total. The van der Waals surface area contributed by atoms with Crippen molar-refractivity contribution in [3.63, 3.8) is 0 Å². The molecule has 2 bridgehead atoms. The standard InChI is InChI=1S/C20H34N2O2/c1-3-24-18-13-17(20(18)8-4-5-9-20)22(2)19(23)12-14-10-15-6-7-16(11-14)21-15/h14-18,21H,3-13H2,1-2H3. The Bertz CT molecular complexity index is 462. The Kier molecular flexibility index (Phi) is 4.63.